The molecule has 2 aromatic carbocycles. The molecule has 0 aliphatic carbocycles. The minimum absolute atomic E-state index is 0.128. The fourth-order valence-electron chi connectivity index (χ4n) is 2.08. The summed E-state index contributed by atoms with van der Waals surface area (Å²) in [6, 6.07) is 10.5. The Morgan fingerprint density at radius 3 is 2.62 bits per heavy atom. The highest BCUT2D eigenvalue weighted by Crippen LogP contribution is 2.29. The van der Waals surface area contributed by atoms with Crippen molar-refractivity contribution in [3.8, 4) is 5.75 Å². The molecule has 5 heteroatoms. The molecule has 0 saturated heterocycles. The Hall–Kier alpha value is -1.88. The fourth-order valence-corrected chi connectivity index (χ4v) is 2.49. The number of phenols is 1. The Bertz CT molecular complexity index is 675. The summed E-state index contributed by atoms with van der Waals surface area (Å²) >= 11 is 3.26. The molecule has 0 bridgehead atoms. The van der Waals surface area contributed by atoms with E-state index in [2.05, 4.69) is 15.9 Å². The summed E-state index contributed by atoms with van der Waals surface area (Å²) in [5.74, 6) is -0.662. The number of amides is 1. The largest absolute Gasteiger partial charge is 0.508 e. The van der Waals surface area contributed by atoms with Gasteiger partial charge >= 0.3 is 0 Å². The summed E-state index contributed by atoms with van der Waals surface area (Å²) in [4.78, 5) is 14.0. The number of carbonyl (C=O) groups excluding carboxylic acids is 1. The van der Waals surface area contributed by atoms with Gasteiger partial charge in [-0.1, -0.05) is 18.2 Å². The van der Waals surface area contributed by atoms with Crippen LogP contribution in [-0.4, -0.2) is 23.0 Å². The van der Waals surface area contributed by atoms with E-state index in [-0.39, 0.29) is 23.3 Å². The molecule has 1 atom stereocenters. The van der Waals surface area contributed by atoms with Crippen LogP contribution < -0.4 is 0 Å². The van der Waals surface area contributed by atoms with Crippen molar-refractivity contribution >= 4 is 21.8 Å². The van der Waals surface area contributed by atoms with Gasteiger partial charge in [-0.3, -0.25) is 4.79 Å². The van der Waals surface area contributed by atoms with Crippen molar-refractivity contribution in [1.82, 2.24) is 4.90 Å². The molecule has 0 aliphatic rings. The van der Waals surface area contributed by atoms with Crippen LogP contribution in [0, 0.1) is 5.82 Å². The SMILES string of the molecule is CC(c1ccccc1O)N(C)C(=O)c1cc(F)ccc1Br. The maximum absolute atomic E-state index is 13.3. The number of rotatable bonds is 3. The highest BCUT2D eigenvalue weighted by Gasteiger charge is 2.22. The number of hydrogen-bond donors (Lipinski definition) is 1. The molecule has 1 amide bonds. The molecule has 0 radical (unpaired) electrons. The number of phenolic OH excluding ortho intramolecular Hbond substituents is 1. The lowest BCUT2D eigenvalue weighted by atomic mass is 10.1. The van der Waals surface area contributed by atoms with E-state index in [0.717, 1.165) is 0 Å². The Balaban J connectivity index is 2.31. The monoisotopic (exact) mass is 351 g/mol. The van der Waals surface area contributed by atoms with Crippen molar-refractivity contribution in [2.45, 2.75) is 13.0 Å². The van der Waals surface area contributed by atoms with E-state index in [1.54, 1.807) is 38.2 Å². The van der Waals surface area contributed by atoms with Crippen LogP contribution >= 0.6 is 15.9 Å². The van der Waals surface area contributed by atoms with Gasteiger partial charge in [-0.15, -0.1) is 0 Å². The van der Waals surface area contributed by atoms with Gasteiger partial charge in [-0.05, 0) is 47.1 Å². The fraction of sp³-hybridized carbons (Fsp3) is 0.188. The van der Waals surface area contributed by atoms with Crippen LogP contribution in [0.15, 0.2) is 46.9 Å². The molecule has 0 saturated carbocycles. The van der Waals surface area contributed by atoms with Crippen LogP contribution in [0.4, 0.5) is 4.39 Å². The van der Waals surface area contributed by atoms with E-state index in [9.17, 15) is 14.3 Å². The molecule has 1 N–H and O–H groups in total. The molecule has 0 heterocycles. The summed E-state index contributed by atoms with van der Waals surface area (Å²) in [5.41, 5.74) is 0.889. The van der Waals surface area contributed by atoms with E-state index >= 15 is 0 Å². The minimum atomic E-state index is -0.467. The molecular formula is C16H15BrFNO2. The first-order chi connectivity index (χ1) is 9.91. The van der Waals surface area contributed by atoms with Crippen molar-refractivity contribution in [3.05, 3.63) is 63.9 Å². The lowest BCUT2D eigenvalue weighted by Crippen LogP contribution is -2.30. The van der Waals surface area contributed by atoms with Gasteiger partial charge in [0.05, 0.1) is 11.6 Å². The third-order valence-electron chi connectivity index (χ3n) is 3.45. The van der Waals surface area contributed by atoms with Crippen molar-refractivity contribution in [2.75, 3.05) is 7.05 Å². The Morgan fingerprint density at radius 2 is 1.95 bits per heavy atom. The predicted molar refractivity (Wildman–Crippen MR) is 82.7 cm³/mol. The minimum Gasteiger partial charge on any atom is -0.508 e. The highest BCUT2D eigenvalue weighted by molar-refractivity contribution is 9.10. The van der Waals surface area contributed by atoms with E-state index in [1.165, 1.54) is 23.1 Å². The molecule has 2 rings (SSSR count). The predicted octanol–water partition coefficient (Wildman–Crippen LogP) is 4.13. The quantitative estimate of drug-likeness (QED) is 0.903. The number of benzene rings is 2. The first-order valence-electron chi connectivity index (χ1n) is 6.42. The molecule has 3 nitrogen and oxygen atoms in total. The summed E-state index contributed by atoms with van der Waals surface area (Å²) in [6.45, 7) is 1.81. The topological polar surface area (TPSA) is 40.5 Å². The van der Waals surface area contributed by atoms with Crippen molar-refractivity contribution in [2.24, 2.45) is 0 Å². The molecule has 21 heavy (non-hydrogen) atoms. The van der Waals surface area contributed by atoms with Crippen LogP contribution in [0.1, 0.15) is 28.9 Å². The number of para-hydroxylation sites is 1. The molecule has 110 valence electrons. The van der Waals surface area contributed by atoms with Crippen molar-refractivity contribution in [1.29, 1.82) is 0 Å². The van der Waals surface area contributed by atoms with E-state index < -0.39 is 5.82 Å². The lowest BCUT2D eigenvalue weighted by molar-refractivity contribution is 0.0740. The number of nitrogens with zero attached hydrogens (tertiary/aromatic N) is 1. The van der Waals surface area contributed by atoms with Gasteiger partial charge in [0, 0.05) is 17.1 Å². The normalized spacial score (nSPS) is 12.0. The summed E-state index contributed by atoms with van der Waals surface area (Å²) in [7, 11) is 1.62. The molecule has 0 aromatic heterocycles. The number of aromatic hydroxyl groups is 1. The molecule has 1 unspecified atom stereocenters. The zero-order valence-corrected chi connectivity index (χ0v) is 13.3. The molecule has 0 fully saturated rings. The third-order valence-corrected chi connectivity index (χ3v) is 4.14. The first-order valence-corrected chi connectivity index (χ1v) is 7.21. The second-order valence-electron chi connectivity index (χ2n) is 4.78. The van der Waals surface area contributed by atoms with E-state index in [0.29, 0.717) is 10.0 Å². The average Bonchev–Trinajstić information content (AvgIpc) is 2.48. The smallest absolute Gasteiger partial charge is 0.255 e. The molecule has 2 aromatic rings. The Kier molecular flexibility index (Phi) is 4.63. The van der Waals surface area contributed by atoms with Crippen LogP contribution in [0.2, 0.25) is 0 Å². The molecular weight excluding hydrogens is 337 g/mol. The Labute approximate surface area is 131 Å². The van der Waals surface area contributed by atoms with Crippen LogP contribution in [-0.2, 0) is 0 Å². The lowest BCUT2D eigenvalue weighted by Gasteiger charge is -2.26. The van der Waals surface area contributed by atoms with Gasteiger partial charge in [-0.2, -0.15) is 0 Å². The van der Waals surface area contributed by atoms with Crippen LogP contribution in [0.25, 0.3) is 0 Å². The average molecular weight is 352 g/mol. The molecule has 0 aliphatic heterocycles. The van der Waals surface area contributed by atoms with E-state index in [4.69, 9.17) is 0 Å². The second kappa shape index (κ2) is 6.26. The number of halogens is 2. The van der Waals surface area contributed by atoms with Gasteiger partial charge < -0.3 is 10.0 Å². The standard InChI is InChI=1S/C16H15BrFNO2/c1-10(12-5-3-4-6-15(12)20)19(2)16(21)13-9-11(18)7-8-14(13)17/h3-10,20H,1-2H3. The van der Waals surface area contributed by atoms with Crippen LogP contribution in [0.3, 0.4) is 0 Å². The van der Waals surface area contributed by atoms with Gasteiger partial charge in [0.1, 0.15) is 11.6 Å². The molecule has 0 spiro atoms. The number of hydrogen-bond acceptors (Lipinski definition) is 2. The van der Waals surface area contributed by atoms with Crippen molar-refractivity contribution < 1.29 is 14.3 Å². The van der Waals surface area contributed by atoms with Gasteiger partial charge in [-0.25, -0.2) is 4.39 Å². The zero-order valence-electron chi connectivity index (χ0n) is 11.7. The summed E-state index contributed by atoms with van der Waals surface area (Å²) in [5, 5.41) is 9.87. The van der Waals surface area contributed by atoms with Gasteiger partial charge in [0.2, 0.25) is 0 Å². The summed E-state index contributed by atoms with van der Waals surface area (Å²) < 4.78 is 13.9. The second-order valence-corrected chi connectivity index (χ2v) is 5.63. The van der Waals surface area contributed by atoms with Gasteiger partial charge in [0.15, 0.2) is 0 Å². The number of carbonyl (C=O) groups is 1. The first kappa shape index (κ1) is 15.5. The summed E-state index contributed by atoms with van der Waals surface area (Å²) in [6.07, 6.45) is 0. The maximum atomic E-state index is 13.3. The van der Waals surface area contributed by atoms with Crippen LogP contribution in [0.5, 0.6) is 5.75 Å². The Morgan fingerprint density at radius 1 is 1.29 bits per heavy atom. The zero-order chi connectivity index (χ0) is 15.6. The highest BCUT2D eigenvalue weighted by atomic mass is 79.9. The van der Waals surface area contributed by atoms with Crippen molar-refractivity contribution in [3.63, 3.8) is 0 Å². The van der Waals surface area contributed by atoms with E-state index in [1.807, 2.05) is 0 Å². The maximum Gasteiger partial charge on any atom is 0.255 e. The third kappa shape index (κ3) is 3.24. The van der Waals surface area contributed by atoms with Gasteiger partial charge in [0.25, 0.3) is 5.91 Å².